The number of para-hydroxylation sites is 1. The summed E-state index contributed by atoms with van der Waals surface area (Å²) in [6.45, 7) is 1.57. The Labute approximate surface area is 167 Å². The number of benzene rings is 2. The molecule has 0 spiro atoms. The molecule has 0 bridgehead atoms. The zero-order chi connectivity index (χ0) is 19.8. The van der Waals surface area contributed by atoms with Gasteiger partial charge in [0.15, 0.2) is 0 Å². The lowest BCUT2D eigenvalue weighted by Gasteiger charge is -2.26. The van der Waals surface area contributed by atoms with E-state index in [1.165, 1.54) is 4.31 Å². The number of fused-ring (bicyclic) bond motifs is 1. The van der Waals surface area contributed by atoms with Gasteiger partial charge >= 0.3 is 0 Å². The summed E-state index contributed by atoms with van der Waals surface area (Å²) < 4.78 is 33.8. The van der Waals surface area contributed by atoms with Crippen molar-refractivity contribution in [2.45, 2.75) is 4.90 Å². The fraction of sp³-hybridized carbons (Fsp3) is 0.211. The van der Waals surface area contributed by atoms with Gasteiger partial charge in [0.25, 0.3) is 0 Å². The molecule has 3 heterocycles. The SMILES string of the molecule is O=S(=O)(c1ccc(-n2cc(-c3n[nH]c4ccccc34)nn2)cc1)N1CCOCC1. The van der Waals surface area contributed by atoms with Crippen LogP contribution in [-0.4, -0.2) is 64.2 Å². The molecule has 1 aliphatic heterocycles. The van der Waals surface area contributed by atoms with E-state index in [1.54, 1.807) is 35.1 Å². The first-order chi connectivity index (χ1) is 14.1. The van der Waals surface area contributed by atoms with Crippen molar-refractivity contribution < 1.29 is 13.2 Å². The van der Waals surface area contributed by atoms with Crippen LogP contribution in [0.25, 0.3) is 28.0 Å². The summed E-state index contributed by atoms with van der Waals surface area (Å²) in [6.07, 6.45) is 1.77. The van der Waals surface area contributed by atoms with Crippen molar-refractivity contribution >= 4 is 20.9 Å². The molecule has 10 heteroatoms. The first-order valence-corrected chi connectivity index (χ1v) is 10.6. The average Bonchev–Trinajstić information content (AvgIpc) is 3.41. The molecule has 0 saturated carbocycles. The quantitative estimate of drug-likeness (QED) is 0.550. The lowest BCUT2D eigenvalue weighted by Crippen LogP contribution is -2.40. The molecule has 0 atom stereocenters. The third-order valence-corrected chi connectivity index (χ3v) is 6.83. The maximum absolute atomic E-state index is 12.7. The molecule has 1 N–H and O–H groups in total. The Morgan fingerprint density at radius 1 is 1.00 bits per heavy atom. The van der Waals surface area contributed by atoms with Crippen molar-refractivity contribution in [1.29, 1.82) is 0 Å². The van der Waals surface area contributed by atoms with Crippen molar-refractivity contribution in [2.75, 3.05) is 26.3 Å². The lowest BCUT2D eigenvalue weighted by atomic mass is 10.2. The molecule has 0 radical (unpaired) electrons. The van der Waals surface area contributed by atoms with E-state index in [9.17, 15) is 8.42 Å². The van der Waals surface area contributed by atoms with Crippen LogP contribution >= 0.6 is 0 Å². The number of sulfonamides is 1. The lowest BCUT2D eigenvalue weighted by molar-refractivity contribution is 0.0730. The van der Waals surface area contributed by atoms with Gasteiger partial charge in [-0.25, -0.2) is 13.1 Å². The summed E-state index contributed by atoms with van der Waals surface area (Å²) in [5.41, 5.74) is 2.99. The van der Waals surface area contributed by atoms with Crippen LogP contribution in [0.15, 0.2) is 59.6 Å². The highest BCUT2D eigenvalue weighted by Crippen LogP contribution is 2.25. The van der Waals surface area contributed by atoms with E-state index in [0.717, 1.165) is 16.6 Å². The molecule has 5 rings (SSSR count). The van der Waals surface area contributed by atoms with Crippen molar-refractivity contribution in [1.82, 2.24) is 29.5 Å². The number of hydrogen-bond donors (Lipinski definition) is 1. The topological polar surface area (TPSA) is 106 Å². The number of hydrogen-bond acceptors (Lipinski definition) is 6. The van der Waals surface area contributed by atoms with E-state index >= 15 is 0 Å². The third kappa shape index (κ3) is 3.20. The number of aromatic nitrogens is 5. The summed E-state index contributed by atoms with van der Waals surface area (Å²) >= 11 is 0. The van der Waals surface area contributed by atoms with Gasteiger partial charge in [-0.3, -0.25) is 5.10 Å². The van der Waals surface area contributed by atoms with E-state index in [2.05, 4.69) is 20.5 Å². The van der Waals surface area contributed by atoms with Crippen molar-refractivity contribution in [3.05, 3.63) is 54.7 Å². The summed E-state index contributed by atoms with van der Waals surface area (Å²) in [7, 11) is -3.52. The zero-order valence-corrected chi connectivity index (χ0v) is 16.2. The highest BCUT2D eigenvalue weighted by molar-refractivity contribution is 7.89. The maximum Gasteiger partial charge on any atom is 0.243 e. The minimum atomic E-state index is -3.52. The predicted octanol–water partition coefficient (Wildman–Crippen LogP) is 1.83. The van der Waals surface area contributed by atoms with Gasteiger partial charge in [0.05, 0.1) is 35.5 Å². The summed E-state index contributed by atoms with van der Waals surface area (Å²) in [5.74, 6) is 0. The third-order valence-electron chi connectivity index (χ3n) is 4.92. The Hall–Kier alpha value is -3.08. The van der Waals surface area contributed by atoms with Crippen LogP contribution in [0.4, 0.5) is 0 Å². The number of aromatic amines is 1. The molecule has 148 valence electrons. The summed E-state index contributed by atoms with van der Waals surface area (Å²) in [5, 5.41) is 16.7. The monoisotopic (exact) mass is 410 g/mol. The van der Waals surface area contributed by atoms with Crippen LogP contribution in [0.1, 0.15) is 0 Å². The van der Waals surface area contributed by atoms with Crippen LogP contribution in [0.5, 0.6) is 0 Å². The maximum atomic E-state index is 12.7. The van der Waals surface area contributed by atoms with Crippen molar-refractivity contribution in [2.24, 2.45) is 0 Å². The molecule has 29 heavy (non-hydrogen) atoms. The molecular weight excluding hydrogens is 392 g/mol. The van der Waals surface area contributed by atoms with Gasteiger partial charge in [0.2, 0.25) is 10.0 Å². The molecular formula is C19H18N6O3S. The number of morpholine rings is 1. The number of rotatable bonds is 4. The van der Waals surface area contributed by atoms with Gasteiger partial charge < -0.3 is 4.74 Å². The molecule has 1 aliphatic rings. The van der Waals surface area contributed by atoms with Gasteiger partial charge in [-0.2, -0.15) is 9.40 Å². The number of nitrogens with one attached hydrogen (secondary N) is 1. The molecule has 0 amide bonds. The second kappa shape index (κ2) is 7.07. The number of ether oxygens (including phenoxy) is 1. The zero-order valence-electron chi connectivity index (χ0n) is 15.4. The van der Waals surface area contributed by atoms with E-state index < -0.39 is 10.0 Å². The van der Waals surface area contributed by atoms with Gasteiger partial charge in [-0.15, -0.1) is 5.10 Å². The van der Waals surface area contributed by atoms with Gasteiger partial charge in [-0.05, 0) is 30.3 Å². The first-order valence-electron chi connectivity index (χ1n) is 9.17. The summed E-state index contributed by atoms with van der Waals surface area (Å²) in [4.78, 5) is 0.252. The predicted molar refractivity (Wildman–Crippen MR) is 106 cm³/mol. The fourth-order valence-corrected chi connectivity index (χ4v) is 4.77. The number of nitrogens with zero attached hydrogens (tertiary/aromatic N) is 5. The minimum Gasteiger partial charge on any atom is -0.379 e. The Morgan fingerprint density at radius 2 is 1.76 bits per heavy atom. The summed E-state index contributed by atoms with van der Waals surface area (Å²) in [6, 6.07) is 14.4. The number of H-pyrrole nitrogens is 1. The van der Waals surface area contributed by atoms with Gasteiger partial charge in [-0.1, -0.05) is 23.4 Å². The van der Waals surface area contributed by atoms with Crippen molar-refractivity contribution in [3.63, 3.8) is 0 Å². The molecule has 1 saturated heterocycles. The Morgan fingerprint density at radius 3 is 2.55 bits per heavy atom. The Kier molecular flexibility index (Phi) is 4.38. The van der Waals surface area contributed by atoms with E-state index in [0.29, 0.717) is 37.7 Å². The molecule has 2 aromatic carbocycles. The van der Waals surface area contributed by atoms with Crippen LogP contribution in [-0.2, 0) is 14.8 Å². The molecule has 1 fully saturated rings. The van der Waals surface area contributed by atoms with E-state index in [1.807, 2.05) is 24.3 Å². The second-order valence-electron chi connectivity index (χ2n) is 6.68. The molecule has 9 nitrogen and oxygen atoms in total. The largest absolute Gasteiger partial charge is 0.379 e. The molecule has 2 aromatic heterocycles. The Balaban J connectivity index is 1.42. The second-order valence-corrected chi connectivity index (χ2v) is 8.61. The van der Waals surface area contributed by atoms with Crippen molar-refractivity contribution in [3.8, 4) is 17.1 Å². The van der Waals surface area contributed by atoms with Crippen LogP contribution < -0.4 is 0 Å². The molecule has 4 aromatic rings. The smallest absolute Gasteiger partial charge is 0.243 e. The van der Waals surface area contributed by atoms with Crippen LogP contribution in [0.3, 0.4) is 0 Å². The standard InChI is InChI=1S/C19H18N6O3S/c26-29(27,24-9-11-28-12-10-24)15-7-5-14(6-8-15)25-13-18(21-23-25)19-16-3-1-2-4-17(16)20-22-19/h1-8,13H,9-12H2,(H,20,22). The minimum absolute atomic E-state index is 0.252. The fourth-order valence-electron chi connectivity index (χ4n) is 3.36. The van der Waals surface area contributed by atoms with E-state index in [-0.39, 0.29) is 4.90 Å². The van der Waals surface area contributed by atoms with Gasteiger partial charge in [0.1, 0.15) is 11.4 Å². The van der Waals surface area contributed by atoms with E-state index in [4.69, 9.17) is 4.74 Å². The first kappa shape index (κ1) is 18.0. The van der Waals surface area contributed by atoms with Crippen LogP contribution in [0.2, 0.25) is 0 Å². The highest BCUT2D eigenvalue weighted by Gasteiger charge is 2.26. The van der Waals surface area contributed by atoms with Crippen LogP contribution in [0, 0.1) is 0 Å². The van der Waals surface area contributed by atoms with Gasteiger partial charge in [0, 0.05) is 18.5 Å². The molecule has 0 aliphatic carbocycles. The highest BCUT2D eigenvalue weighted by atomic mass is 32.2. The Bertz CT molecular complexity index is 1260. The molecule has 0 unspecified atom stereocenters. The average molecular weight is 410 g/mol. The normalized spacial score (nSPS) is 15.7.